The van der Waals surface area contributed by atoms with Crippen molar-refractivity contribution >= 4 is 39.3 Å². The summed E-state index contributed by atoms with van der Waals surface area (Å²) in [5, 5.41) is 3.26. The van der Waals surface area contributed by atoms with Crippen LogP contribution in [0.1, 0.15) is 21.7 Å². The zero-order valence-corrected chi connectivity index (χ0v) is 18.6. The van der Waals surface area contributed by atoms with Crippen molar-refractivity contribution in [3.8, 4) is 0 Å². The molecule has 3 heterocycles. The number of piperazine rings is 1. The number of aromatic nitrogens is 3. The molecule has 0 unspecified atom stereocenters. The molecular formula is C22H23BrN6O. The molecular weight excluding hydrogens is 444 g/mol. The van der Waals surface area contributed by atoms with Crippen molar-refractivity contribution in [1.82, 2.24) is 19.9 Å². The van der Waals surface area contributed by atoms with Gasteiger partial charge in [0.05, 0.1) is 0 Å². The maximum Gasteiger partial charge on any atom is 0.253 e. The summed E-state index contributed by atoms with van der Waals surface area (Å²) in [4.78, 5) is 30.2. The van der Waals surface area contributed by atoms with Crippen LogP contribution in [-0.2, 0) is 0 Å². The van der Waals surface area contributed by atoms with Crippen LogP contribution < -0.4 is 10.2 Å². The molecule has 0 spiro atoms. The van der Waals surface area contributed by atoms with E-state index in [2.05, 4.69) is 41.1 Å². The Morgan fingerprint density at radius 1 is 0.967 bits per heavy atom. The Morgan fingerprint density at radius 2 is 1.70 bits per heavy atom. The molecule has 30 heavy (non-hydrogen) atoms. The van der Waals surface area contributed by atoms with Gasteiger partial charge in [-0.15, -0.1) is 0 Å². The first-order chi connectivity index (χ1) is 14.5. The molecule has 0 atom stereocenters. The number of carbonyl (C=O) groups is 1. The van der Waals surface area contributed by atoms with Crippen LogP contribution in [0.2, 0.25) is 0 Å². The van der Waals surface area contributed by atoms with Gasteiger partial charge in [0.1, 0.15) is 23.3 Å². The summed E-state index contributed by atoms with van der Waals surface area (Å²) in [5.41, 5.74) is 1.84. The molecule has 1 saturated heterocycles. The number of hydrogen-bond donors (Lipinski definition) is 1. The van der Waals surface area contributed by atoms with Gasteiger partial charge in [0, 0.05) is 48.5 Å². The van der Waals surface area contributed by atoms with Crippen molar-refractivity contribution in [3.05, 3.63) is 70.1 Å². The van der Waals surface area contributed by atoms with E-state index in [1.165, 1.54) is 0 Å². The number of hydrogen-bond acceptors (Lipinski definition) is 6. The quantitative estimate of drug-likeness (QED) is 0.627. The molecule has 1 N–H and O–H groups in total. The van der Waals surface area contributed by atoms with Gasteiger partial charge in [-0.3, -0.25) is 4.79 Å². The second kappa shape index (κ2) is 8.79. The zero-order valence-electron chi connectivity index (χ0n) is 17.0. The zero-order chi connectivity index (χ0) is 21.1. The predicted octanol–water partition coefficient (Wildman–Crippen LogP) is 3.96. The third-order valence-electron chi connectivity index (χ3n) is 4.98. The molecule has 7 nitrogen and oxygen atoms in total. The number of amides is 1. The molecule has 1 fully saturated rings. The third-order valence-corrected chi connectivity index (χ3v) is 5.51. The normalized spacial score (nSPS) is 14.0. The van der Waals surface area contributed by atoms with E-state index in [0.717, 1.165) is 34.8 Å². The first-order valence-corrected chi connectivity index (χ1v) is 10.6. The maximum atomic E-state index is 12.7. The smallest absolute Gasteiger partial charge is 0.253 e. The molecule has 1 aliphatic heterocycles. The van der Waals surface area contributed by atoms with Gasteiger partial charge in [-0.2, -0.15) is 0 Å². The average molecular weight is 467 g/mol. The highest BCUT2D eigenvalue weighted by Gasteiger charge is 2.23. The summed E-state index contributed by atoms with van der Waals surface area (Å²) >= 11 is 3.41. The molecule has 0 bridgehead atoms. The Balaban J connectivity index is 1.43. The highest BCUT2D eigenvalue weighted by atomic mass is 79.9. The number of nitrogens with zero attached hydrogens (tertiary/aromatic N) is 5. The number of pyridine rings is 1. The monoisotopic (exact) mass is 466 g/mol. The van der Waals surface area contributed by atoms with Crippen molar-refractivity contribution in [3.63, 3.8) is 0 Å². The largest absolute Gasteiger partial charge is 0.353 e. The Hall–Kier alpha value is -3.00. The summed E-state index contributed by atoms with van der Waals surface area (Å²) < 4.78 is 0.966. The van der Waals surface area contributed by atoms with Crippen LogP contribution in [0.3, 0.4) is 0 Å². The first kappa shape index (κ1) is 20.3. The van der Waals surface area contributed by atoms with E-state index in [9.17, 15) is 4.79 Å². The Kier molecular flexibility index (Phi) is 5.94. The minimum absolute atomic E-state index is 0.0638. The molecule has 2 aromatic heterocycles. The molecule has 1 aliphatic rings. The van der Waals surface area contributed by atoms with Crippen LogP contribution in [0.25, 0.3) is 0 Å². The van der Waals surface area contributed by atoms with Gasteiger partial charge in [-0.05, 0) is 55.8 Å². The van der Waals surface area contributed by atoms with Gasteiger partial charge in [-0.1, -0.05) is 15.9 Å². The van der Waals surface area contributed by atoms with Crippen molar-refractivity contribution in [2.45, 2.75) is 13.8 Å². The van der Waals surface area contributed by atoms with E-state index in [0.29, 0.717) is 30.3 Å². The average Bonchev–Trinajstić information content (AvgIpc) is 2.73. The van der Waals surface area contributed by atoms with Crippen molar-refractivity contribution < 1.29 is 4.79 Å². The number of carbonyl (C=O) groups excluding carboxylic acids is 1. The molecule has 1 aromatic carbocycles. The number of halogens is 1. The fourth-order valence-corrected chi connectivity index (χ4v) is 3.69. The number of rotatable bonds is 4. The second-order valence-electron chi connectivity index (χ2n) is 7.29. The van der Waals surface area contributed by atoms with E-state index in [4.69, 9.17) is 0 Å². The summed E-state index contributed by atoms with van der Waals surface area (Å²) in [7, 11) is 0. The standard InChI is InChI=1S/C22H23BrN6O/c1-15-7-8-24-19(13-15)27-20-14-21(26-16(2)25-20)28-9-11-29(12-10-28)22(30)17-3-5-18(23)6-4-17/h3-8,13-14H,9-12H2,1-2H3,(H,24,25,26,27). The Morgan fingerprint density at radius 3 is 2.40 bits per heavy atom. The third kappa shape index (κ3) is 4.76. The summed E-state index contributed by atoms with van der Waals surface area (Å²) in [6, 6.07) is 13.4. The molecule has 1 amide bonds. The molecule has 154 valence electrons. The lowest BCUT2D eigenvalue weighted by atomic mass is 10.2. The first-order valence-electron chi connectivity index (χ1n) is 9.83. The van der Waals surface area contributed by atoms with Crippen molar-refractivity contribution in [2.24, 2.45) is 0 Å². The minimum Gasteiger partial charge on any atom is -0.353 e. The number of aryl methyl sites for hydroxylation is 2. The van der Waals surface area contributed by atoms with Crippen LogP contribution in [-0.4, -0.2) is 51.9 Å². The topological polar surface area (TPSA) is 74.2 Å². The lowest BCUT2D eigenvalue weighted by molar-refractivity contribution is 0.0746. The Labute approximate surface area is 184 Å². The van der Waals surface area contributed by atoms with Crippen molar-refractivity contribution in [1.29, 1.82) is 0 Å². The van der Waals surface area contributed by atoms with E-state index < -0.39 is 0 Å². The van der Waals surface area contributed by atoms with Gasteiger partial charge in [0.25, 0.3) is 5.91 Å². The lowest BCUT2D eigenvalue weighted by Crippen LogP contribution is -2.49. The molecule has 0 radical (unpaired) electrons. The molecule has 4 rings (SSSR count). The van der Waals surface area contributed by atoms with Gasteiger partial charge in [0.15, 0.2) is 0 Å². The SMILES string of the molecule is Cc1ccnc(Nc2cc(N3CCN(C(=O)c4ccc(Br)cc4)CC3)nc(C)n2)c1. The van der Waals surface area contributed by atoms with E-state index >= 15 is 0 Å². The Bertz CT molecular complexity index is 1050. The minimum atomic E-state index is 0.0638. The van der Waals surface area contributed by atoms with Crippen LogP contribution in [0.4, 0.5) is 17.5 Å². The van der Waals surface area contributed by atoms with E-state index in [1.807, 2.05) is 61.2 Å². The highest BCUT2D eigenvalue weighted by molar-refractivity contribution is 9.10. The van der Waals surface area contributed by atoms with Crippen LogP contribution in [0.15, 0.2) is 53.1 Å². The second-order valence-corrected chi connectivity index (χ2v) is 8.20. The maximum absolute atomic E-state index is 12.7. The van der Waals surface area contributed by atoms with E-state index in [-0.39, 0.29) is 5.91 Å². The molecule has 3 aromatic rings. The fourth-order valence-electron chi connectivity index (χ4n) is 3.43. The summed E-state index contributed by atoms with van der Waals surface area (Å²) in [5.74, 6) is 3.08. The number of anilines is 3. The molecule has 0 aliphatic carbocycles. The van der Waals surface area contributed by atoms with Gasteiger partial charge in [0.2, 0.25) is 0 Å². The highest BCUT2D eigenvalue weighted by Crippen LogP contribution is 2.21. The lowest BCUT2D eigenvalue weighted by Gasteiger charge is -2.35. The van der Waals surface area contributed by atoms with E-state index in [1.54, 1.807) is 6.20 Å². The van der Waals surface area contributed by atoms with Gasteiger partial charge >= 0.3 is 0 Å². The summed E-state index contributed by atoms with van der Waals surface area (Å²) in [6.07, 6.45) is 1.77. The summed E-state index contributed by atoms with van der Waals surface area (Å²) in [6.45, 7) is 6.66. The van der Waals surface area contributed by atoms with Crippen molar-refractivity contribution in [2.75, 3.05) is 36.4 Å². The van der Waals surface area contributed by atoms with Crippen LogP contribution in [0, 0.1) is 13.8 Å². The number of benzene rings is 1. The molecule has 8 heteroatoms. The predicted molar refractivity (Wildman–Crippen MR) is 121 cm³/mol. The fraction of sp³-hybridized carbons (Fsp3) is 0.273. The van der Waals surface area contributed by atoms with Crippen LogP contribution in [0.5, 0.6) is 0 Å². The van der Waals surface area contributed by atoms with Gasteiger partial charge in [-0.25, -0.2) is 15.0 Å². The van der Waals surface area contributed by atoms with Gasteiger partial charge < -0.3 is 15.1 Å². The molecule has 0 saturated carbocycles. The number of nitrogens with one attached hydrogen (secondary N) is 1. The van der Waals surface area contributed by atoms with Crippen LogP contribution >= 0.6 is 15.9 Å².